The molecule has 7 heteroatoms. The molecule has 0 fully saturated rings. The highest BCUT2D eigenvalue weighted by Crippen LogP contribution is 2.26. The minimum atomic E-state index is -2.26. The number of hydrogen-bond donors (Lipinski definition) is 1. The summed E-state index contributed by atoms with van der Waals surface area (Å²) in [6.07, 6.45) is 0. The fourth-order valence-electron chi connectivity index (χ4n) is 2.31. The molecule has 0 spiro atoms. The van der Waals surface area contributed by atoms with Crippen molar-refractivity contribution in [1.82, 2.24) is 5.32 Å². The fourth-order valence-corrected chi connectivity index (χ4v) is 3.12. The van der Waals surface area contributed by atoms with Gasteiger partial charge in [0.05, 0.1) is 12.5 Å². The van der Waals surface area contributed by atoms with E-state index >= 15 is 0 Å². The van der Waals surface area contributed by atoms with Gasteiger partial charge in [-0.2, -0.15) is 0 Å². The van der Waals surface area contributed by atoms with Gasteiger partial charge in [0.2, 0.25) is 0 Å². The van der Waals surface area contributed by atoms with Gasteiger partial charge in [-0.15, -0.1) is 11.6 Å². The summed E-state index contributed by atoms with van der Waals surface area (Å²) in [5.74, 6) is 1.38. The van der Waals surface area contributed by atoms with Crippen molar-refractivity contribution in [3.05, 3.63) is 53.6 Å². The number of rotatable bonds is 9. The lowest BCUT2D eigenvalue weighted by Crippen LogP contribution is -2.24. The van der Waals surface area contributed by atoms with Gasteiger partial charge in [-0.1, -0.05) is 24.3 Å². The molecule has 2 rings (SSSR count). The third-order valence-corrected chi connectivity index (χ3v) is 4.89. The zero-order valence-corrected chi connectivity index (χ0v) is 15.7. The van der Waals surface area contributed by atoms with E-state index in [0.29, 0.717) is 36.8 Å². The van der Waals surface area contributed by atoms with Crippen LogP contribution in [0.5, 0.6) is 11.5 Å². The van der Waals surface area contributed by atoms with Crippen LogP contribution in [-0.4, -0.2) is 35.6 Å². The summed E-state index contributed by atoms with van der Waals surface area (Å²) in [5, 5.41) is 2.88. The van der Waals surface area contributed by atoms with E-state index in [-0.39, 0.29) is 10.3 Å². The molecule has 0 amide bonds. The summed E-state index contributed by atoms with van der Waals surface area (Å²) >= 11 is 4.09. The number of hydrogen-bond acceptors (Lipinski definition) is 5. The monoisotopic (exact) mass is 382 g/mol. The molecule has 0 aromatic heterocycles. The Balaban J connectivity index is 1.80. The second-order valence-electron chi connectivity index (χ2n) is 5.43. The average Bonchev–Trinajstić information content (AvgIpc) is 2.61. The molecule has 2 aromatic carbocycles. The quantitative estimate of drug-likeness (QED) is 0.409. The first-order valence-corrected chi connectivity index (χ1v) is 9.34. The number of methoxy groups -OCH3 is 1. The van der Waals surface area contributed by atoms with Crippen LogP contribution < -0.4 is 14.8 Å². The van der Waals surface area contributed by atoms with Crippen LogP contribution in [0.4, 0.5) is 0 Å². The normalized spacial score (nSPS) is 13.3. The van der Waals surface area contributed by atoms with Gasteiger partial charge in [0.15, 0.2) is 11.5 Å². The minimum absolute atomic E-state index is 0.280. The molecule has 5 nitrogen and oxygen atoms in total. The standard InChI is InChI=1S/C18H22ClNO4S/c1-13-7-8-14(11-18(13)25(21)22)15(19)12-20-9-10-24-17-6-4-3-5-16(17)23-2/h3-8,11,15,20H,9-10,12H2,1-2H3,(H,21,22)/p-1. The van der Waals surface area contributed by atoms with Gasteiger partial charge in [-0.25, -0.2) is 0 Å². The Bertz CT molecular complexity index is 726. The maximum absolute atomic E-state index is 11.2. The van der Waals surface area contributed by atoms with E-state index in [4.69, 9.17) is 21.1 Å². The molecule has 0 aliphatic rings. The maximum Gasteiger partial charge on any atom is 0.161 e. The molecule has 2 unspecified atom stereocenters. The van der Waals surface area contributed by atoms with E-state index < -0.39 is 11.1 Å². The third-order valence-electron chi connectivity index (χ3n) is 3.68. The van der Waals surface area contributed by atoms with Crippen LogP contribution in [0.25, 0.3) is 0 Å². The lowest BCUT2D eigenvalue weighted by atomic mass is 10.1. The molecular weight excluding hydrogens is 362 g/mol. The molecule has 1 N–H and O–H groups in total. The molecule has 25 heavy (non-hydrogen) atoms. The molecule has 0 aliphatic carbocycles. The van der Waals surface area contributed by atoms with Gasteiger partial charge in [0.25, 0.3) is 0 Å². The molecule has 2 aromatic rings. The van der Waals surface area contributed by atoms with Crippen LogP contribution in [0.15, 0.2) is 47.4 Å². The summed E-state index contributed by atoms with van der Waals surface area (Å²) in [7, 11) is 1.60. The van der Waals surface area contributed by atoms with Crippen molar-refractivity contribution in [3.63, 3.8) is 0 Å². The highest BCUT2D eigenvalue weighted by Gasteiger charge is 2.10. The van der Waals surface area contributed by atoms with Gasteiger partial charge in [-0.05, 0) is 47.3 Å². The molecule has 0 radical (unpaired) electrons. The zero-order chi connectivity index (χ0) is 18.2. The summed E-state index contributed by atoms with van der Waals surface area (Å²) in [6.45, 7) is 3.33. The van der Waals surface area contributed by atoms with Crippen LogP contribution in [0.1, 0.15) is 16.5 Å². The predicted octanol–water partition coefficient (Wildman–Crippen LogP) is 3.19. The van der Waals surface area contributed by atoms with E-state index in [1.165, 1.54) is 0 Å². The second-order valence-corrected chi connectivity index (χ2v) is 6.87. The van der Waals surface area contributed by atoms with Crippen molar-refractivity contribution >= 4 is 22.7 Å². The fraction of sp³-hybridized carbons (Fsp3) is 0.333. The average molecular weight is 383 g/mol. The lowest BCUT2D eigenvalue weighted by molar-refractivity contribution is 0.292. The maximum atomic E-state index is 11.2. The largest absolute Gasteiger partial charge is 0.768 e. The molecule has 0 saturated carbocycles. The highest BCUT2D eigenvalue weighted by atomic mass is 35.5. The lowest BCUT2D eigenvalue weighted by Gasteiger charge is -2.15. The van der Waals surface area contributed by atoms with Crippen LogP contribution in [-0.2, 0) is 11.1 Å². The molecule has 0 saturated heterocycles. The number of benzene rings is 2. The van der Waals surface area contributed by atoms with Crippen LogP contribution in [0, 0.1) is 6.92 Å². The summed E-state index contributed by atoms with van der Waals surface area (Å²) in [5.41, 5.74) is 1.48. The Morgan fingerprint density at radius 1 is 1.24 bits per heavy atom. The van der Waals surface area contributed by atoms with Gasteiger partial charge in [0, 0.05) is 18.0 Å². The summed E-state index contributed by atoms with van der Waals surface area (Å²) in [4.78, 5) is 0.280. The number of nitrogens with one attached hydrogen (secondary N) is 1. The van der Waals surface area contributed by atoms with E-state index in [1.54, 1.807) is 26.2 Å². The number of alkyl halides is 1. The first-order chi connectivity index (χ1) is 12.0. The van der Waals surface area contributed by atoms with Gasteiger partial charge in [-0.3, -0.25) is 4.21 Å². The number of para-hydroxylation sites is 2. The molecule has 136 valence electrons. The molecular formula is C18H21ClNO4S-. The van der Waals surface area contributed by atoms with Crippen LogP contribution in [0.2, 0.25) is 0 Å². The van der Waals surface area contributed by atoms with Gasteiger partial charge in [0.1, 0.15) is 6.61 Å². The van der Waals surface area contributed by atoms with Crippen LogP contribution in [0.3, 0.4) is 0 Å². The molecule has 0 aliphatic heterocycles. The van der Waals surface area contributed by atoms with Crippen molar-refractivity contribution in [2.75, 3.05) is 26.8 Å². The third kappa shape index (κ3) is 5.71. The Kier molecular flexibility index (Phi) is 7.71. The highest BCUT2D eigenvalue weighted by molar-refractivity contribution is 7.79. The first-order valence-electron chi connectivity index (χ1n) is 7.83. The molecule has 0 heterocycles. The summed E-state index contributed by atoms with van der Waals surface area (Å²) < 4.78 is 33.3. The van der Waals surface area contributed by atoms with Crippen molar-refractivity contribution in [2.45, 2.75) is 17.2 Å². The van der Waals surface area contributed by atoms with Crippen molar-refractivity contribution in [1.29, 1.82) is 0 Å². The zero-order valence-electron chi connectivity index (χ0n) is 14.2. The molecule has 0 bridgehead atoms. The van der Waals surface area contributed by atoms with Crippen molar-refractivity contribution in [2.24, 2.45) is 0 Å². The Labute approximate surface area is 155 Å². The van der Waals surface area contributed by atoms with Crippen LogP contribution >= 0.6 is 11.6 Å². The number of aryl methyl sites for hydroxylation is 1. The number of halogens is 1. The SMILES string of the molecule is COc1ccccc1OCCNCC(Cl)c1ccc(C)c(S(=O)[O-])c1. The van der Waals surface area contributed by atoms with E-state index in [0.717, 1.165) is 5.56 Å². The second kappa shape index (κ2) is 9.77. The minimum Gasteiger partial charge on any atom is -0.768 e. The van der Waals surface area contributed by atoms with Crippen molar-refractivity contribution in [3.8, 4) is 11.5 Å². The van der Waals surface area contributed by atoms with Gasteiger partial charge < -0.3 is 19.3 Å². The van der Waals surface area contributed by atoms with E-state index in [1.807, 2.05) is 30.3 Å². The van der Waals surface area contributed by atoms with E-state index in [2.05, 4.69) is 5.32 Å². The predicted molar refractivity (Wildman–Crippen MR) is 98.3 cm³/mol. The Morgan fingerprint density at radius 2 is 1.96 bits per heavy atom. The number of ether oxygens (including phenoxy) is 2. The Morgan fingerprint density at radius 3 is 2.64 bits per heavy atom. The smallest absolute Gasteiger partial charge is 0.161 e. The van der Waals surface area contributed by atoms with Crippen molar-refractivity contribution < 1.29 is 18.2 Å². The molecule has 2 atom stereocenters. The first kappa shape index (κ1) is 19.7. The Hall–Kier alpha value is -1.60. The van der Waals surface area contributed by atoms with E-state index in [9.17, 15) is 8.76 Å². The topological polar surface area (TPSA) is 70.6 Å². The summed E-state index contributed by atoms with van der Waals surface area (Å²) in [6, 6.07) is 12.7. The van der Waals surface area contributed by atoms with Gasteiger partial charge >= 0.3 is 0 Å².